The number of hydrogen-bond donors (Lipinski definition) is 2. The second kappa shape index (κ2) is 19.7. The molecular formula is C20H40N4O2. The van der Waals surface area contributed by atoms with E-state index >= 15 is 0 Å². The van der Waals surface area contributed by atoms with E-state index < -0.39 is 0 Å². The summed E-state index contributed by atoms with van der Waals surface area (Å²) in [7, 11) is 0. The van der Waals surface area contributed by atoms with Crippen molar-refractivity contribution in [2.75, 3.05) is 0 Å². The molecule has 0 heterocycles. The third-order valence-corrected chi connectivity index (χ3v) is 4.19. The molecule has 0 atom stereocenters. The van der Waals surface area contributed by atoms with Crippen LogP contribution in [0, 0.1) is 0 Å². The minimum atomic E-state index is -0.317. The number of carbonyl (C=O) groups excluding carboxylic acids is 1. The van der Waals surface area contributed by atoms with Gasteiger partial charge in [0.1, 0.15) is 0 Å². The number of hydrogen-bond acceptors (Lipinski definition) is 4. The maximum Gasteiger partial charge on any atom is 0.332 e. The SMILES string of the molecule is CCCCCCCCCCC=NN=C(N)NOC(=O)CCCCCCC. The van der Waals surface area contributed by atoms with E-state index in [2.05, 4.69) is 29.5 Å². The summed E-state index contributed by atoms with van der Waals surface area (Å²) in [5, 5.41) is 7.65. The van der Waals surface area contributed by atoms with E-state index in [4.69, 9.17) is 10.6 Å². The normalized spacial score (nSPS) is 11.8. The van der Waals surface area contributed by atoms with Crippen molar-refractivity contribution >= 4 is 18.1 Å². The first-order valence-electron chi connectivity index (χ1n) is 10.5. The molecule has 0 aliphatic carbocycles. The van der Waals surface area contributed by atoms with Crippen molar-refractivity contribution in [1.82, 2.24) is 5.48 Å². The van der Waals surface area contributed by atoms with Gasteiger partial charge in [-0.1, -0.05) is 84.5 Å². The zero-order valence-electron chi connectivity index (χ0n) is 17.0. The summed E-state index contributed by atoms with van der Waals surface area (Å²) >= 11 is 0. The van der Waals surface area contributed by atoms with Crippen LogP contribution in [0.15, 0.2) is 10.2 Å². The Morgan fingerprint density at radius 1 is 0.885 bits per heavy atom. The summed E-state index contributed by atoms with van der Waals surface area (Å²) < 4.78 is 0. The molecule has 0 saturated carbocycles. The highest BCUT2D eigenvalue weighted by Crippen LogP contribution is 2.09. The van der Waals surface area contributed by atoms with Gasteiger partial charge in [0.25, 0.3) is 0 Å². The van der Waals surface area contributed by atoms with Gasteiger partial charge in [-0.3, -0.25) is 0 Å². The molecule has 0 aromatic carbocycles. The molecule has 0 aromatic rings. The number of nitrogens with one attached hydrogen (secondary N) is 1. The second-order valence-electron chi connectivity index (χ2n) is 6.79. The molecule has 0 aliphatic heterocycles. The van der Waals surface area contributed by atoms with E-state index in [0.717, 1.165) is 32.1 Å². The molecule has 0 radical (unpaired) electrons. The van der Waals surface area contributed by atoms with Gasteiger partial charge in [-0.05, 0) is 19.3 Å². The Kier molecular flexibility index (Phi) is 18.5. The maximum absolute atomic E-state index is 11.5. The van der Waals surface area contributed by atoms with E-state index in [0.29, 0.717) is 6.42 Å². The fourth-order valence-corrected chi connectivity index (χ4v) is 2.58. The molecule has 0 amide bonds. The molecule has 152 valence electrons. The van der Waals surface area contributed by atoms with E-state index in [9.17, 15) is 4.79 Å². The van der Waals surface area contributed by atoms with Crippen molar-refractivity contribution in [3.8, 4) is 0 Å². The Labute approximate surface area is 160 Å². The first kappa shape index (κ1) is 24.4. The smallest absolute Gasteiger partial charge is 0.332 e. The Morgan fingerprint density at radius 3 is 2.04 bits per heavy atom. The molecule has 26 heavy (non-hydrogen) atoms. The van der Waals surface area contributed by atoms with Gasteiger partial charge in [0.15, 0.2) is 0 Å². The van der Waals surface area contributed by atoms with Gasteiger partial charge in [-0.15, -0.1) is 5.10 Å². The zero-order valence-corrected chi connectivity index (χ0v) is 17.0. The van der Waals surface area contributed by atoms with E-state index in [1.165, 1.54) is 57.8 Å². The van der Waals surface area contributed by atoms with Crippen LogP contribution in [-0.4, -0.2) is 18.1 Å². The Balaban J connectivity index is 3.53. The standard InChI is InChI=1S/C20H40N4O2/c1-3-5-7-9-10-11-12-14-16-18-22-23-20(21)24-26-19(25)17-15-13-8-6-4-2/h18H,3-17H2,1-2H3,(H3,21,23,24). The van der Waals surface area contributed by atoms with Gasteiger partial charge in [0.05, 0.1) is 0 Å². The van der Waals surface area contributed by atoms with Crippen molar-refractivity contribution in [2.45, 2.75) is 110 Å². The lowest BCUT2D eigenvalue weighted by Gasteiger charge is -2.04. The van der Waals surface area contributed by atoms with Crippen molar-refractivity contribution in [3.63, 3.8) is 0 Å². The fourth-order valence-electron chi connectivity index (χ4n) is 2.58. The topological polar surface area (TPSA) is 89.1 Å². The van der Waals surface area contributed by atoms with Crippen molar-refractivity contribution in [1.29, 1.82) is 0 Å². The first-order chi connectivity index (χ1) is 12.7. The lowest BCUT2D eigenvalue weighted by atomic mass is 10.1. The Bertz CT molecular complexity index is 384. The number of rotatable bonds is 16. The van der Waals surface area contributed by atoms with Gasteiger partial charge in [-0.2, -0.15) is 10.6 Å². The van der Waals surface area contributed by atoms with Gasteiger partial charge < -0.3 is 10.6 Å². The monoisotopic (exact) mass is 368 g/mol. The molecule has 0 fully saturated rings. The predicted octanol–water partition coefficient (Wildman–Crippen LogP) is 5.23. The van der Waals surface area contributed by atoms with Crippen molar-refractivity contribution < 1.29 is 9.63 Å². The number of nitrogens with two attached hydrogens (primary N) is 1. The van der Waals surface area contributed by atoms with Crippen LogP contribution in [0.1, 0.15) is 110 Å². The molecule has 0 saturated heterocycles. The van der Waals surface area contributed by atoms with Crippen LogP contribution in [0.25, 0.3) is 0 Å². The van der Waals surface area contributed by atoms with E-state index in [1.54, 1.807) is 6.21 Å². The molecular weight excluding hydrogens is 328 g/mol. The number of guanidine groups is 1. The summed E-state index contributed by atoms with van der Waals surface area (Å²) in [5.41, 5.74) is 7.92. The molecule has 0 rings (SSSR count). The van der Waals surface area contributed by atoms with Crippen LogP contribution in [-0.2, 0) is 9.63 Å². The summed E-state index contributed by atoms with van der Waals surface area (Å²) in [5.74, 6) is -0.320. The molecule has 6 heteroatoms. The van der Waals surface area contributed by atoms with Crippen LogP contribution < -0.4 is 11.2 Å². The lowest BCUT2D eigenvalue weighted by Crippen LogP contribution is -2.33. The Hall–Kier alpha value is -1.59. The quantitative estimate of drug-likeness (QED) is 0.169. The zero-order chi connectivity index (χ0) is 19.3. The fraction of sp³-hybridized carbons (Fsp3) is 0.850. The van der Waals surface area contributed by atoms with Crippen LogP contribution >= 0.6 is 0 Å². The summed E-state index contributed by atoms with van der Waals surface area (Å²) in [6.45, 7) is 4.40. The maximum atomic E-state index is 11.5. The molecule has 0 bridgehead atoms. The highest BCUT2D eigenvalue weighted by Gasteiger charge is 2.03. The summed E-state index contributed by atoms with van der Waals surface area (Å²) in [6, 6.07) is 0. The molecule has 0 aliphatic rings. The van der Waals surface area contributed by atoms with E-state index in [-0.39, 0.29) is 11.9 Å². The van der Waals surface area contributed by atoms with E-state index in [1.807, 2.05) is 0 Å². The molecule has 0 unspecified atom stereocenters. The average molecular weight is 369 g/mol. The summed E-state index contributed by atoms with van der Waals surface area (Å²) in [4.78, 5) is 16.3. The number of hydroxylamine groups is 1. The first-order valence-corrected chi connectivity index (χ1v) is 10.5. The third-order valence-electron chi connectivity index (χ3n) is 4.19. The Morgan fingerprint density at radius 2 is 1.42 bits per heavy atom. The lowest BCUT2D eigenvalue weighted by molar-refractivity contribution is -0.148. The minimum absolute atomic E-state index is 0.00323. The van der Waals surface area contributed by atoms with Gasteiger partial charge in [-0.25, -0.2) is 4.79 Å². The highest BCUT2D eigenvalue weighted by atomic mass is 16.7. The predicted molar refractivity (Wildman–Crippen MR) is 110 cm³/mol. The van der Waals surface area contributed by atoms with Crippen molar-refractivity contribution in [3.05, 3.63) is 0 Å². The average Bonchev–Trinajstić information content (AvgIpc) is 2.64. The third kappa shape index (κ3) is 18.7. The van der Waals surface area contributed by atoms with Crippen LogP contribution in [0.3, 0.4) is 0 Å². The number of nitrogens with zero attached hydrogens (tertiary/aromatic N) is 2. The van der Waals surface area contributed by atoms with Gasteiger partial charge >= 0.3 is 5.97 Å². The summed E-state index contributed by atoms with van der Waals surface area (Å²) in [6.07, 6.45) is 18.8. The van der Waals surface area contributed by atoms with Gasteiger partial charge in [0, 0.05) is 12.6 Å². The highest BCUT2D eigenvalue weighted by molar-refractivity contribution is 5.79. The number of carbonyl (C=O) groups is 1. The van der Waals surface area contributed by atoms with Crippen LogP contribution in [0.4, 0.5) is 0 Å². The number of unbranched alkanes of at least 4 members (excludes halogenated alkanes) is 12. The second-order valence-corrected chi connectivity index (χ2v) is 6.79. The molecule has 0 spiro atoms. The molecule has 3 N–H and O–H groups in total. The van der Waals surface area contributed by atoms with Crippen LogP contribution in [0.2, 0.25) is 0 Å². The molecule has 6 nitrogen and oxygen atoms in total. The molecule has 0 aromatic heterocycles. The van der Waals surface area contributed by atoms with Crippen LogP contribution in [0.5, 0.6) is 0 Å². The van der Waals surface area contributed by atoms with Crippen molar-refractivity contribution in [2.24, 2.45) is 15.9 Å². The minimum Gasteiger partial charge on any atom is -0.366 e. The van der Waals surface area contributed by atoms with Gasteiger partial charge in [0.2, 0.25) is 5.96 Å². The largest absolute Gasteiger partial charge is 0.366 e.